The average molecular weight is 423 g/mol. The lowest BCUT2D eigenvalue weighted by molar-refractivity contribution is 0.0447. The van der Waals surface area contributed by atoms with E-state index in [2.05, 4.69) is 38.8 Å². The number of likely N-dealkylation sites (tertiary alicyclic amines) is 1. The SMILES string of the molecule is CCOC[C@]1(CCNC(=O)Nc2ccccc2)CCN(C2(c3ccc(C)nc3)CC2)C1. The number of anilines is 1. The summed E-state index contributed by atoms with van der Waals surface area (Å²) in [5.41, 5.74) is 3.42. The number of hydrogen-bond acceptors (Lipinski definition) is 4. The molecule has 1 aliphatic carbocycles. The summed E-state index contributed by atoms with van der Waals surface area (Å²) >= 11 is 0. The monoisotopic (exact) mass is 422 g/mol. The lowest BCUT2D eigenvalue weighted by Gasteiger charge is -2.33. The number of carbonyl (C=O) groups is 1. The molecule has 166 valence electrons. The zero-order valence-corrected chi connectivity index (χ0v) is 18.7. The van der Waals surface area contributed by atoms with Gasteiger partial charge >= 0.3 is 6.03 Å². The molecule has 1 saturated heterocycles. The van der Waals surface area contributed by atoms with Gasteiger partial charge in [0, 0.05) is 48.2 Å². The van der Waals surface area contributed by atoms with E-state index in [1.807, 2.05) is 44.2 Å². The van der Waals surface area contributed by atoms with Gasteiger partial charge in [-0.05, 0) is 69.8 Å². The van der Waals surface area contributed by atoms with Crippen LogP contribution in [-0.4, -0.2) is 48.8 Å². The van der Waals surface area contributed by atoms with Gasteiger partial charge in [0.05, 0.1) is 6.61 Å². The van der Waals surface area contributed by atoms with Crippen LogP contribution in [0.5, 0.6) is 0 Å². The van der Waals surface area contributed by atoms with Gasteiger partial charge in [-0.15, -0.1) is 0 Å². The lowest BCUT2D eigenvalue weighted by Crippen LogP contribution is -2.40. The summed E-state index contributed by atoms with van der Waals surface area (Å²) in [6.07, 6.45) is 6.45. The Kier molecular flexibility index (Phi) is 6.58. The molecule has 4 rings (SSSR count). The number of nitrogens with zero attached hydrogens (tertiary/aromatic N) is 2. The van der Waals surface area contributed by atoms with Gasteiger partial charge in [0.15, 0.2) is 0 Å². The molecule has 1 aliphatic heterocycles. The maximum absolute atomic E-state index is 12.3. The molecular weight excluding hydrogens is 388 g/mol. The van der Waals surface area contributed by atoms with E-state index in [4.69, 9.17) is 4.74 Å². The van der Waals surface area contributed by atoms with Crippen LogP contribution in [0.25, 0.3) is 0 Å². The third-order valence-electron chi connectivity index (χ3n) is 6.80. The van der Waals surface area contributed by atoms with Crippen molar-refractivity contribution in [2.75, 3.05) is 38.2 Å². The molecule has 0 bridgehead atoms. The van der Waals surface area contributed by atoms with Crippen LogP contribution in [0, 0.1) is 12.3 Å². The number of benzene rings is 1. The summed E-state index contributed by atoms with van der Waals surface area (Å²) in [6, 6.07) is 13.7. The fourth-order valence-corrected chi connectivity index (χ4v) is 4.80. The van der Waals surface area contributed by atoms with E-state index in [9.17, 15) is 4.79 Å². The quantitative estimate of drug-likeness (QED) is 0.632. The maximum atomic E-state index is 12.3. The van der Waals surface area contributed by atoms with E-state index >= 15 is 0 Å². The number of urea groups is 1. The number of para-hydroxylation sites is 1. The van der Waals surface area contributed by atoms with Crippen molar-refractivity contribution in [3.8, 4) is 0 Å². The Morgan fingerprint density at radius 1 is 1.16 bits per heavy atom. The topological polar surface area (TPSA) is 66.5 Å². The Balaban J connectivity index is 1.36. The van der Waals surface area contributed by atoms with Crippen molar-refractivity contribution in [2.45, 2.75) is 45.1 Å². The number of ether oxygens (including phenoxy) is 1. The molecule has 1 aromatic carbocycles. The number of hydrogen-bond donors (Lipinski definition) is 2. The van der Waals surface area contributed by atoms with Crippen molar-refractivity contribution in [1.82, 2.24) is 15.2 Å². The number of pyridine rings is 1. The number of amides is 2. The Labute approximate surface area is 185 Å². The Bertz CT molecular complexity index is 867. The van der Waals surface area contributed by atoms with E-state index in [1.165, 1.54) is 18.4 Å². The number of carbonyl (C=O) groups excluding carboxylic acids is 1. The van der Waals surface area contributed by atoms with Crippen LogP contribution in [0.3, 0.4) is 0 Å². The normalized spacial score (nSPS) is 22.3. The fourth-order valence-electron chi connectivity index (χ4n) is 4.80. The van der Waals surface area contributed by atoms with Gasteiger partial charge in [0.1, 0.15) is 0 Å². The minimum atomic E-state index is -0.156. The fraction of sp³-hybridized carbons (Fsp3) is 0.520. The van der Waals surface area contributed by atoms with Crippen molar-refractivity contribution < 1.29 is 9.53 Å². The third kappa shape index (κ3) is 5.08. The van der Waals surface area contributed by atoms with Crippen molar-refractivity contribution in [2.24, 2.45) is 5.41 Å². The van der Waals surface area contributed by atoms with Gasteiger partial charge in [-0.3, -0.25) is 9.88 Å². The molecule has 0 radical (unpaired) electrons. The molecule has 2 aromatic rings. The molecular formula is C25H34N4O2. The molecule has 31 heavy (non-hydrogen) atoms. The molecule has 2 heterocycles. The van der Waals surface area contributed by atoms with Gasteiger partial charge in [-0.2, -0.15) is 0 Å². The van der Waals surface area contributed by atoms with Crippen LogP contribution >= 0.6 is 0 Å². The minimum absolute atomic E-state index is 0.0732. The van der Waals surface area contributed by atoms with E-state index in [1.54, 1.807) is 0 Å². The number of nitrogens with one attached hydrogen (secondary N) is 2. The van der Waals surface area contributed by atoms with Gasteiger partial charge in [-0.25, -0.2) is 4.79 Å². The van der Waals surface area contributed by atoms with Gasteiger partial charge in [0.25, 0.3) is 0 Å². The summed E-state index contributed by atoms with van der Waals surface area (Å²) in [5.74, 6) is 0. The number of aromatic nitrogens is 1. The first-order chi connectivity index (χ1) is 15.1. The van der Waals surface area contributed by atoms with Gasteiger partial charge in [-0.1, -0.05) is 24.3 Å². The predicted octanol–water partition coefficient (Wildman–Crippen LogP) is 4.32. The second-order valence-corrected chi connectivity index (χ2v) is 9.03. The molecule has 0 spiro atoms. The molecule has 1 atom stereocenters. The third-order valence-corrected chi connectivity index (χ3v) is 6.80. The highest BCUT2D eigenvalue weighted by atomic mass is 16.5. The summed E-state index contributed by atoms with van der Waals surface area (Å²) < 4.78 is 5.91. The van der Waals surface area contributed by atoms with Crippen LogP contribution in [0.4, 0.5) is 10.5 Å². The molecule has 2 amide bonds. The van der Waals surface area contributed by atoms with E-state index in [0.29, 0.717) is 6.54 Å². The van der Waals surface area contributed by atoms with Crippen LogP contribution < -0.4 is 10.6 Å². The largest absolute Gasteiger partial charge is 0.381 e. The molecule has 1 aromatic heterocycles. The highest BCUT2D eigenvalue weighted by Gasteiger charge is 2.54. The lowest BCUT2D eigenvalue weighted by atomic mass is 9.84. The smallest absolute Gasteiger partial charge is 0.319 e. The molecule has 6 heteroatoms. The standard InChI is InChI=1S/C25H34N4O2/c1-3-31-19-24(13-15-26-23(30)28-22-7-5-4-6-8-22)14-16-29(18-24)25(11-12-25)21-10-9-20(2)27-17-21/h4-10,17H,3,11-16,18-19H2,1-2H3,(H2,26,28,30)/t24-/m1/s1. The minimum Gasteiger partial charge on any atom is -0.381 e. The van der Waals surface area contributed by atoms with Crippen molar-refractivity contribution >= 4 is 11.7 Å². The molecule has 1 saturated carbocycles. The van der Waals surface area contributed by atoms with E-state index in [-0.39, 0.29) is 17.0 Å². The average Bonchev–Trinajstić information content (AvgIpc) is 3.48. The second kappa shape index (κ2) is 9.37. The second-order valence-electron chi connectivity index (χ2n) is 9.03. The first-order valence-electron chi connectivity index (χ1n) is 11.4. The zero-order chi connectivity index (χ0) is 21.7. The van der Waals surface area contributed by atoms with E-state index in [0.717, 1.165) is 50.5 Å². The first-order valence-corrected chi connectivity index (χ1v) is 11.4. The summed E-state index contributed by atoms with van der Waals surface area (Å²) in [7, 11) is 0. The van der Waals surface area contributed by atoms with Crippen LogP contribution in [0.1, 0.15) is 43.9 Å². The van der Waals surface area contributed by atoms with Gasteiger partial charge in [0.2, 0.25) is 0 Å². The molecule has 6 nitrogen and oxygen atoms in total. The molecule has 2 fully saturated rings. The number of rotatable bonds is 9. The van der Waals surface area contributed by atoms with Crippen LogP contribution in [0.15, 0.2) is 48.7 Å². The molecule has 0 unspecified atom stereocenters. The first kappa shape index (κ1) is 21.8. The zero-order valence-electron chi connectivity index (χ0n) is 18.7. The summed E-state index contributed by atoms with van der Waals surface area (Å²) in [5, 5.41) is 5.93. The molecule has 2 N–H and O–H groups in total. The van der Waals surface area contributed by atoms with Gasteiger partial charge < -0.3 is 15.4 Å². The summed E-state index contributed by atoms with van der Waals surface area (Å²) in [4.78, 5) is 19.5. The highest BCUT2D eigenvalue weighted by Crippen LogP contribution is 2.54. The summed E-state index contributed by atoms with van der Waals surface area (Å²) in [6.45, 7) is 8.25. The Morgan fingerprint density at radius 2 is 1.97 bits per heavy atom. The van der Waals surface area contributed by atoms with Crippen molar-refractivity contribution in [1.29, 1.82) is 0 Å². The van der Waals surface area contributed by atoms with Crippen LogP contribution in [0.2, 0.25) is 0 Å². The van der Waals surface area contributed by atoms with Crippen molar-refractivity contribution in [3.05, 3.63) is 59.9 Å². The van der Waals surface area contributed by atoms with E-state index < -0.39 is 0 Å². The highest BCUT2D eigenvalue weighted by molar-refractivity contribution is 5.89. The Morgan fingerprint density at radius 3 is 2.65 bits per heavy atom. The predicted molar refractivity (Wildman–Crippen MR) is 123 cm³/mol. The maximum Gasteiger partial charge on any atom is 0.319 e. The number of aryl methyl sites for hydroxylation is 1. The van der Waals surface area contributed by atoms with Crippen molar-refractivity contribution in [3.63, 3.8) is 0 Å². The Hall–Kier alpha value is -2.44. The molecule has 2 aliphatic rings. The van der Waals surface area contributed by atoms with Crippen LogP contribution in [-0.2, 0) is 10.3 Å².